The molecule has 0 amide bonds. The first-order valence-electron chi connectivity index (χ1n) is 11.3. The molecule has 0 radical (unpaired) electrons. The number of allylic oxidation sites excluding steroid dienone is 5. The van der Waals surface area contributed by atoms with Gasteiger partial charge in [0.25, 0.3) is 0 Å². The second kappa shape index (κ2) is 13.0. The zero-order valence-corrected chi connectivity index (χ0v) is 18.9. The number of unbranched alkanes of at least 4 members (excludes halogenated alkanes) is 4. The Labute approximate surface area is 177 Å². The first-order chi connectivity index (χ1) is 13.7. The molecule has 0 aromatic carbocycles. The van der Waals surface area contributed by atoms with Crippen molar-refractivity contribution in [2.45, 2.75) is 110 Å². The molecule has 0 aromatic heterocycles. The van der Waals surface area contributed by atoms with Gasteiger partial charge in [-0.1, -0.05) is 69.1 Å². The average Bonchev–Trinajstić information content (AvgIpc) is 3.44. The molecule has 3 atom stereocenters. The quantitative estimate of drug-likeness (QED) is 0.182. The Morgan fingerprint density at radius 2 is 1.62 bits per heavy atom. The van der Waals surface area contributed by atoms with Crippen molar-refractivity contribution < 1.29 is 19.7 Å². The largest absolute Gasteiger partial charge is 0.481 e. The first-order valence-corrected chi connectivity index (χ1v) is 11.3. The molecule has 4 heteroatoms. The summed E-state index contributed by atoms with van der Waals surface area (Å²) in [5.41, 5.74) is -1.62. The average molecular weight is 407 g/mol. The fourth-order valence-electron chi connectivity index (χ4n) is 3.37. The molecule has 1 heterocycles. The van der Waals surface area contributed by atoms with Gasteiger partial charge >= 0.3 is 5.97 Å². The van der Waals surface area contributed by atoms with Crippen LogP contribution in [0.3, 0.4) is 0 Å². The molecule has 1 aliphatic rings. The van der Waals surface area contributed by atoms with E-state index in [1.165, 1.54) is 25.7 Å². The summed E-state index contributed by atoms with van der Waals surface area (Å²) in [7, 11) is 0. The molecule has 1 aliphatic heterocycles. The van der Waals surface area contributed by atoms with Crippen LogP contribution in [0, 0.1) is 5.41 Å². The van der Waals surface area contributed by atoms with E-state index in [4.69, 9.17) is 9.84 Å². The van der Waals surface area contributed by atoms with Crippen molar-refractivity contribution >= 4 is 5.97 Å². The SMILES string of the molecule is CCCCC/C=C\C/C=C\C/C=C\C(C)(O)C1OC1CCCCC(C)(C)C(=O)O. The second-order valence-corrected chi connectivity index (χ2v) is 9.07. The van der Waals surface area contributed by atoms with E-state index in [0.29, 0.717) is 6.42 Å². The summed E-state index contributed by atoms with van der Waals surface area (Å²) < 4.78 is 5.67. The number of carboxylic acid groups (broad SMARTS) is 1. The Morgan fingerprint density at radius 3 is 2.28 bits per heavy atom. The monoisotopic (exact) mass is 406 g/mol. The summed E-state index contributed by atoms with van der Waals surface area (Å²) >= 11 is 0. The molecule has 1 fully saturated rings. The summed E-state index contributed by atoms with van der Waals surface area (Å²) in [5, 5.41) is 19.7. The van der Waals surface area contributed by atoms with Gasteiger partial charge in [-0.2, -0.15) is 0 Å². The fourth-order valence-corrected chi connectivity index (χ4v) is 3.37. The van der Waals surface area contributed by atoms with Gasteiger partial charge in [0.15, 0.2) is 0 Å². The number of hydrogen-bond donors (Lipinski definition) is 2. The zero-order chi connectivity index (χ0) is 21.8. The maximum absolute atomic E-state index is 11.1. The molecule has 0 aromatic rings. The van der Waals surface area contributed by atoms with E-state index in [1.807, 2.05) is 12.2 Å². The van der Waals surface area contributed by atoms with Crippen molar-refractivity contribution in [3.8, 4) is 0 Å². The van der Waals surface area contributed by atoms with Crippen LogP contribution < -0.4 is 0 Å². The van der Waals surface area contributed by atoms with E-state index in [9.17, 15) is 9.90 Å². The van der Waals surface area contributed by atoms with Crippen molar-refractivity contribution in [1.82, 2.24) is 0 Å². The van der Waals surface area contributed by atoms with Crippen LogP contribution in [-0.2, 0) is 9.53 Å². The van der Waals surface area contributed by atoms with E-state index < -0.39 is 17.0 Å². The maximum Gasteiger partial charge on any atom is 0.309 e. The number of aliphatic hydroxyl groups is 1. The van der Waals surface area contributed by atoms with Gasteiger partial charge in [0.2, 0.25) is 0 Å². The maximum atomic E-state index is 11.1. The zero-order valence-electron chi connectivity index (χ0n) is 18.9. The van der Waals surface area contributed by atoms with Crippen LogP contribution in [0.5, 0.6) is 0 Å². The van der Waals surface area contributed by atoms with E-state index in [0.717, 1.165) is 32.1 Å². The Bertz CT molecular complexity index is 557. The molecule has 4 nitrogen and oxygen atoms in total. The highest BCUT2D eigenvalue weighted by Gasteiger charge is 2.49. The van der Waals surface area contributed by atoms with Gasteiger partial charge in [-0.25, -0.2) is 0 Å². The molecule has 1 saturated heterocycles. The Balaban J connectivity index is 2.17. The third-order valence-electron chi connectivity index (χ3n) is 5.59. The van der Waals surface area contributed by atoms with Gasteiger partial charge in [-0.15, -0.1) is 0 Å². The topological polar surface area (TPSA) is 70.1 Å². The lowest BCUT2D eigenvalue weighted by Crippen LogP contribution is -2.30. The molecule has 0 aliphatic carbocycles. The number of aliphatic carboxylic acids is 1. The molecule has 2 N–H and O–H groups in total. The third kappa shape index (κ3) is 10.8. The lowest BCUT2D eigenvalue weighted by Gasteiger charge is -2.18. The fraction of sp³-hybridized carbons (Fsp3) is 0.720. The second-order valence-electron chi connectivity index (χ2n) is 9.07. The van der Waals surface area contributed by atoms with Crippen molar-refractivity contribution in [2.24, 2.45) is 5.41 Å². The normalized spacial score (nSPS) is 22.0. The number of rotatable bonds is 16. The summed E-state index contributed by atoms with van der Waals surface area (Å²) in [5.74, 6) is -0.747. The summed E-state index contributed by atoms with van der Waals surface area (Å²) in [6.45, 7) is 7.54. The van der Waals surface area contributed by atoms with Gasteiger partial charge in [0.05, 0.1) is 11.5 Å². The van der Waals surface area contributed by atoms with Crippen LogP contribution in [0.2, 0.25) is 0 Å². The van der Waals surface area contributed by atoms with Gasteiger partial charge in [-0.05, 0) is 59.3 Å². The van der Waals surface area contributed by atoms with Gasteiger partial charge in [0, 0.05) is 0 Å². The summed E-state index contributed by atoms with van der Waals surface area (Å²) in [6, 6.07) is 0. The predicted molar refractivity (Wildman–Crippen MR) is 120 cm³/mol. The van der Waals surface area contributed by atoms with Gasteiger partial charge < -0.3 is 14.9 Å². The van der Waals surface area contributed by atoms with Crippen LogP contribution in [0.1, 0.15) is 91.9 Å². The molecular formula is C25H42O4. The molecule has 1 rings (SSSR count). The Kier molecular flexibility index (Phi) is 11.5. The highest BCUT2D eigenvalue weighted by atomic mass is 16.6. The van der Waals surface area contributed by atoms with Crippen molar-refractivity contribution in [3.63, 3.8) is 0 Å². The van der Waals surface area contributed by atoms with E-state index >= 15 is 0 Å². The third-order valence-corrected chi connectivity index (χ3v) is 5.59. The first kappa shape index (κ1) is 25.6. The molecule has 166 valence electrons. The Morgan fingerprint density at radius 1 is 0.966 bits per heavy atom. The molecule has 0 saturated carbocycles. The number of carboxylic acids is 1. The minimum atomic E-state index is -0.946. The minimum absolute atomic E-state index is 0.0796. The number of hydrogen-bond acceptors (Lipinski definition) is 3. The standard InChI is InChI=1S/C25H42O4/c1-5-6-7-8-9-10-11-12-13-14-16-20-25(4,28)22-21(29-22)18-15-17-19-24(2,3)23(26)27/h9-10,12-13,16,20-22,28H,5-8,11,14-15,17-19H2,1-4H3,(H,26,27)/b10-9-,13-12-,20-16-. The van der Waals surface area contributed by atoms with E-state index in [1.54, 1.807) is 20.8 Å². The van der Waals surface area contributed by atoms with Crippen molar-refractivity contribution in [3.05, 3.63) is 36.5 Å². The highest BCUT2D eigenvalue weighted by molar-refractivity contribution is 5.73. The number of carbonyl (C=O) groups is 1. The molecule has 29 heavy (non-hydrogen) atoms. The lowest BCUT2D eigenvalue weighted by molar-refractivity contribution is -0.147. The number of ether oxygens (including phenoxy) is 1. The smallest absolute Gasteiger partial charge is 0.309 e. The lowest BCUT2D eigenvalue weighted by atomic mass is 9.87. The molecular weight excluding hydrogens is 364 g/mol. The highest BCUT2D eigenvalue weighted by Crippen LogP contribution is 2.37. The van der Waals surface area contributed by atoms with Gasteiger partial charge in [0.1, 0.15) is 11.7 Å². The van der Waals surface area contributed by atoms with Crippen LogP contribution >= 0.6 is 0 Å². The van der Waals surface area contributed by atoms with Gasteiger partial charge in [-0.3, -0.25) is 4.79 Å². The van der Waals surface area contributed by atoms with Crippen LogP contribution in [0.25, 0.3) is 0 Å². The minimum Gasteiger partial charge on any atom is -0.481 e. The van der Waals surface area contributed by atoms with Crippen LogP contribution in [-0.4, -0.2) is 34.0 Å². The molecule has 0 bridgehead atoms. The molecule has 3 unspecified atom stereocenters. The van der Waals surface area contributed by atoms with Crippen LogP contribution in [0.4, 0.5) is 0 Å². The number of epoxide rings is 1. The van der Waals surface area contributed by atoms with Crippen molar-refractivity contribution in [2.75, 3.05) is 0 Å². The molecule has 0 spiro atoms. The predicted octanol–water partition coefficient (Wildman–Crippen LogP) is 6.21. The van der Waals surface area contributed by atoms with Crippen LogP contribution in [0.15, 0.2) is 36.5 Å². The Hall–Kier alpha value is -1.39. The van der Waals surface area contributed by atoms with E-state index in [-0.39, 0.29) is 12.2 Å². The van der Waals surface area contributed by atoms with E-state index in [2.05, 4.69) is 31.2 Å². The van der Waals surface area contributed by atoms with Crippen molar-refractivity contribution in [1.29, 1.82) is 0 Å². The summed E-state index contributed by atoms with van der Waals surface area (Å²) in [6.07, 6.45) is 22.6. The summed E-state index contributed by atoms with van der Waals surface area (Å²) in [4.78, 5) is 11.1.